The first-order chi connectivity index (χ1) is 8.33. The molecule has 2 atom stereocenters. The van der Waals surface area contributed by atoms with Gasteiger partial charge in [0.25, 0.3) is 0 Å². The van der Waals surface area contributed by atoms with Crippen LogP contribution in [0.25, 0.3) is 0 Å². The van der Waals surface area contributed by atoms with Crippen molar-refractivity contribution in [2.45, 2.75) is 13.3 Å². The predicted octanol–water partition coefficient (Wildman–Crippen LogP) is 0.269. The summed E-state index contributed by atoms with van der Waals surface area (Å²) in [7, 11) is 0. The van der Waals surface area contributed by atoms with Crippen LogP contribution in [0.2, 0.25) is 0 Å². The highest BCUT2D eigenvalue weighted by molar-refractivity contribution is 4.82. The van der Waals surface area contributed by atoms with Crippen LogP contribution < -0.4 is 0 Å². The molecule has 2 aliphatic rings. The fourth-order valence-electron chi connectivity index (χ4n) is 3.01. The standard InChI is InChI=1S/C13H26N2O2/c1-2-14-4-3-12(9-14)13(11-16)10-15-5-7-17-8-6-15/h12-13,16H,2-11H2,1H3. The molecule has 0 bridgehead atoms. The average molecular weight is 242 g/mol. The van der Waals surface area contributed by atoms with E-state index in [4.69, 9.17) is 4.74 Å². The fraction of sp³-hybridized carbons (Fsp3) is 1.00. The average Bonchev–Trinajstić information content (AvgIpc) is 2.86. The topological polar surface area (TPSA) is 35.9 Å². The van der Waals surface area contributed by atoms with Gasteiger partial charge in [0.1, 0.15) is 0 Å². The van der Waals surface area contributed by atoms with Crippen LogP contribution in [-0.2, 0) is 4.74 Å². The Bertz CT molecular complexity index is 219. The number of likely N-dealkylation sites (tertiary alicyclic amines) is 1. The van der Waals surface area contributed by atoms with Crippen molar-refractivity contribution in [2.24, 2.45) is 11.8 Å². The van der Waals surface area contributed by atoms with Crippen LogP contribution in [0.3, 0.4) is 0 Å². The van der Waals surface area contributed by atoms with E-state index in [9.17, 15) is 5.11 Å². The van der Waals surface area contributed by atoms with Crippen LogP contribution in [0.15, 0.2) is 0 Å². The maximum absolute atomic E-state index is 9.60. The summed E-state index contributed by atoms with van der Waals surface area (Å²) >= 11 is 0. The lowest BCUT2D eigenvalue weighted by Gasteiger charge is -2.32. The summed E-state index contributed by atoms with van der Waals surface area (Å²) < 4.78 is 5.36. The van der Waals surface area contributed by atoms with Gasteiger partial charge in [-0.3, -0.25) is 4.90 Å². The quantitative estimate of drug-likeness (QED) is 0.751. The van der Waals surface area contributed by atoms with Crippen molar-refractivity contribution in [3.05, 3.63) is 0 Å². The van der Waals surface area contributed by atoms with E-state index >= 15 is 0 Å². The van der Waals surface area contributed by atoms with E-state index in [2.05, 4.69) is 16.7 Å². The summed E-state index contributed by atoms with van der Waals surface area (Å²) in [5.74, 6) is 1.13. The van der Waals surface area contributed by atoms with E-state index in [1.807, 2.05) is 0 Å². The predicted molar refractivity (Wildman–Crippen MR) is 68.1 cm³/mol. The molecule has 0 radical (unpaired) electrons. The molecule has 0 aromatic carbocycles. The second kappa shape index (κ2) is 6.69. The van der Waals surface area contributed by atoms with Crippen LogP contribution in [0.4, 0.5) is 0 Å². The molecule has 2 rings (SSSR count). The minimum absolute atomic E-state index is 0.333. The van der Waals surface area contributed by atoms with E-state index in [0.717, 1.165) is 39.4 Å². The first kappa shape index (κ1) is 13.3. The minimum Gasteiger partial charge on any atom is -0.396 e. The van der Waals surface area contributed by atoms with Gasteiger partial charge in [0.05, 0.1) is 13.2 Å². The van der Waals surface area contributed by atoms with Gasteiger partial charge in [-0.15, -0.1) is 0 Å². The molecular weight excluding hydrogens is 216 g/mol. The van der Waals surface area contributed by atoms with E-state index in [-0.39, 0.29) is 0 Å². The second-order valence-electron chi connectivity index (χ2n) is 5.30. The third-order valence-electron chi connectivity index (χ3n) is 4.25. The summed E-state index contributed by atoms with van der Waals surface area (Å²) in [6, 6.07) is 0. The van der Waals surface area contributed by atoms with Crippen molar-refractivity contribution in [3.8, 4) is 0 Å². The van der Waals surface area contributed by atoms with Gasteiger partial charge in [-0.1, -0.05) is 6.92 Å². The summed E-state index contributed by atoms with van der Waals surface area (Å²) in [5, 5.41) is 9.60. The first-order valence-corrected chi connectivity index (χ1v) is 6.96. The normalized spacial score (nSPS) is 29.6. The fourth-order valence-corrected chi connectivity index (χ4v) is 3.01. The number of aliphatic hydroxyl groups is 1. The molecule has 0 aromatic heterocycles. The molecule has 0 saturated carbocycles. The molecule has 0 aliphatic carbocycles. The summed E-state index contributed by atoms with van der Waals surface area (Å²) in [5.41, 5.74) is 0. The van der Waals surface area contributed by atoms with E-state index in [1.165, 1.54) is 19.5 Å². The molecule has 2 saturated heterocycles. The molecule has 2 unspecified atom stereocenters. The Morgan fingerprint density at radius 2 is 2.00 bits per heavy atom. The van der Waals surface area contributed by atoms with Crippen molar-refractivity contribution < 1.29 is 9.84 Å². The highest BCUT2D eigenvalue weighted by Gasteiger charge is 2.29. The Kier molecular flexibility index (Phi) is 5.22. The monoisotopic (exact) mass is 242 g/mol. The second-order valence-corrected chi connectivity index (χ2v) is 5.30. The highest BCUT2D eigenvalue weighted by atomic mass is 16.5. The zero-order valence-corrected chi connectivity index (χ0v) is 11.0. The number of rotatable bonds is 5. The van der Waals surface area contributed by atoms with Gasteiger partial charge < -0.3 is 14.7 Å². The SMILES string of the molecule is CCN1CCC(C(CO)CN2CCOCC2)C1. The third-order valence-corrected chi connectivity index (χ3v) is 4.25. The largest absolute Gasteiger partial charge is 0.396 e. The summed E-state index contributed by atoms with van der Waals surface area (Å²) in [6.07, 6.45) is 1.25. The zero-order valence-electron chi connectivity index (χ0n) is 11.0. The van der Waals surface area contributed by atoms with Crippen LogP contribution in [0, 0.1) is 11.8 Å². The van der Waals surface area contributed by atoms with Crippen molar-refractivity contribution in [1.82, 2.24) is 9.80 Å². The number of aliphatic hydroxyl groups excluding tert-OH is 1. The van der Waals surface area contributed by atoms with Gasteiger partial charge in [-0.05, 0) is 31.3 Å². The Hall–Kier alpha value is -0.160. The van der Waals surface area contributed by atoms with Crippen LogP contribution in [0.1, 0.15) is 13.3 Å². The molecule has 2 heterocycles. The molecule has 2 fully saturated rings. The van der Waals surface area contributed by atoms with Crippen LogP contribution in [0.5, 0.6) is 0 Å². The number of morpholine rings is 1. The lowest BCUT2D eigenvalue weighted by Crippen LogP contribution is -2.42. The number of hydrogen-bond acceptors (Lipinski definition) is 4. The molecule has 4 nitrogen and oxygen atoms in total. The molecule has 1 N–H and O–H groups in total. The zero-order chi connectivity index (χ0) is 12.1. The minimum atomic E-state index is 0.333. The van der Waals surface area contributed by atoms with Crippen LogP contribution >= 0.6 is 0 Å². The number of hydrogen-bond donors (Lipinski definition) is 1. The highest BCUT2D eigenvalue weighted by Crippen LogP contribution is 2.24. The first-order valence-electron chi connectivity index (χ1n) is 6.96. The molecule has 100 valence electrons. The van der Waals surface area contributed by atoms with Crippen molar-refractivity contribution in [1.29, 1.82) is 0 Å². The van der Waals surface area contributed by atoms with Crippen LogP contribution in [-0.4, -0.2) is 74.0 Å². The number of nitrogens with zero attached hydrogens (tertiary/aromatic N) is 2. The summed E-state index contributed by atoms with van der Waals surface area (Å²) in [4.78, 5) is 4.94. The van der Waals surface area contributed by atoms with E-state index in [0.29, 0.717) is 18.4 Å². The van der Waals surface area contributed by atoms with Crippen molar-refractivity contribution >= 4 is 0 Å². The van der Waals surface area contributed by atoms with Gasteiger partial charge >= 0.3 is 0 Å². The molecule has 0 spiro atoms. The van der Waals surface area contributed by atoms with E-state index < -0.39 is 0 Å². The Morgan fingerprint density at radius 3 is 2.59 bits per heavy atom. The number of ether oxygens (including phenoxy) is 1. The van der Waals surface area contributed by atoms with Gasteiger partial charge in [0.15, 0.2) is 0 Å². The van der Waals surface area contributed by atoms with Gasteiger partial charge in [-0.25, -0.2) is 0 Å². The molecular formula is C13H26N2O2. The van der Waals surface area contributed by atoms with E-state index in [1.54, 1.807) is 0 Å². The Labute approximate surface area is 105 Å². The molecule has 2 aliphatic heterocycles. The van der Waals surface area contributed by atoms with Gasteiger partial charge in [0, 0.05) is 32.8 Å². The Morgan fingerprint density at radius 1 is 1.24 bits per heavy atom. The smallest absolute Gasteiger partial charge is 0.0594 e. The molecule has 0 aromatic rings. The van der Waals surface area contributed by atoms with Crippen molar-refractivity contribution in [2.75, 3.05) is 59.1 Å². The Balaban J connectivity index is 1.79. The lowest BCUT2D eigenvalue weighted by atomic mass is 9.91. The van der Waals surface area contributed by atoms with Crippen molar-refractivity contribution in [3.63, 3.8) is 0 Å². The maximum atomic E-state index is 9.60. The lowest BCUT2D eigenvalue weighted by molar-refractivity contribution is 0.0187. The maximum Gasteiger partial charge on any atom is 0.0594 e. The van der Waals surface area contributed by atoms with Gasteiger partial charge in [-0.2, -0.15) is 0 Å². The molecule has 17 heavy (non-hydrogen) atoms. The molecule has 0 amide bonds. The summed E-state index contributed by atoms with van der Waals surface area (Å²) in [6.45, 7) is 10.9. The molecule has 4 heteroatoms. The third kappa shape index (κ3) is 3.65. The van der Waals surface area contributed by atoms with Gasteiger partial charge in [0.2, 0.25) is 0 Å².